The van der Waals surface area contributed by atoms with Crippen LogP contribution >= 0.6 is 11.6 Å². The van der Waals surface area contributed by atoms with Crippen molar-refractivity contribution in [2.75, 3.05) is 23.0 Å². The molecule has 4 heterocycles. The summed E-state index contributed by atoms with van der Waals surface area (Å²) in [5.41, 5.74) is 4.11. The van der Waals surface area contributed by atoms with Gasteiger partial charge in [-0.05, 0) is 96.3 Å². The molecule has 0 N–H and O–H groups in total. The third-order valence-electron chi connectivity index (χ3n) is 12.6. The molecule has 3 aliphatic heterocycles. The first-order valence-corrected chi connectivity index (χ1v) is 28.9. The second-order valence-electron chi connectivity index (χ2n) is 18.6. The normalized spacial score (nSPS) is 16.2. The smallest absolute Gasteiger partial charge is 0.752 e. The summed E-state index contributed by atoms with van der Waals surface area (Å²) in [5.74, 6) is -2.38. The van der Waals surface area contributed by atoms with Gasteiger partial charge in [-0.2, -0.15) is 0 Å². The minimum Gasteiger partial charge on any atom is -0.752 e. The molecule has 4 aromatic rings. The van der Waals surface area contributed by atoms with Crippen molar-refractivity contribution in [2.24, 2.45) is 4.99 Å². The fraction of sp³-hybridized carbons (Fsp3) is 0.367. The van der Waals surface area contributed by atoms with Gasteiger partial charge in [0.25, 0.3) is 11.8 Å². The van der Waals surface area contributed by atoms with Crippen LogP contribution in [0.5, 0.6) is 0 Å². The van der Waals surface area contributed by atoms with Crippen LogP contribution < -0.4 is 98.1 Å². The van der Waals surface area contributed by atoms with Gasteiger partial charge in [-0.25, -0.2) is 34.6 Å². The Kier molecular flexibility index (Phi) is 24.9. The summed E-state index contributed by atoms with van der Waals surface area (Å²) >= 11 is 6.60. The van der Waals surface area contributed by atoms with E-state index >= 15 is 0 Å². The van der Waals surface area contributed by atoms with Gasteiger partial charge in [0.15, 0.2) is 5.71 Å². The predicted octanol–water partition coefficient (Wildman–Crippen LogP) is -3.63. The molecule has 20 nitrogen and oxygen atoms in total. The third kappa shape index (κ3) is 18.0. The van der Waals surface area contributed by atoms with Gasteiger partial charge in [0.05, 0.1) is 59.3 Å². The van der Waals surface area contributed by atoms with Crippen molar-refractivity contribution >= 4 is 104 Å². The Balaban J connectivity index is 0.00000215. The van der Waals surface area contributed by atoms with E-state index in [1.165, 1.54) is 6.07 Å². The fourth-order valence-corrected chi connectivity index (χ4v) is 10.8. The molecule has 77 heavy (non-hydrogen) atoms. The molecule has 0 unspecified atom stereocenters. The van der Waals surface area contributed by atoms with Gasteiger partial charge in [0.1, 0.15) is 6.20 Å². The number of nitrogens with zero attached hydrogens (tertiary/aromatic N) is 4. The van der Waals surface area contributed by atoms with Gasteiger partial charge >= 0.3 is 111 Å². The number of carbonyl (C=O) groups is 3. The molecule has 1 fully saturated rings. The van der Waals surface area contributed by atoms with Crippen molar-refractivity contribution in [3.05, 3.63) is 124 Å². The number of rotatable bonds is 19. The van der Waals surface area contributed by atoms with Crippen molar-refractivity contribution in [1.29, 1.82) is 0 Å². The number of amides is 2. The molecule has 3 aliphatic rings. The van der Waals surface area contributed by atoms with Crippen molar-refractivity contribution in [3.8, 4) is 0 Å². The van der Waals surface area contributed by atoms with E-state index in [9.17, 15) is 53.3 Å². The Labute approximate surface area is 520 Å². The number of pyridine rings is 1. The van der Waals surface area contributed by atoms with Crippen LogP contribution in [0.15, 0.2) is 101 Å². The van der Waals surface area contributed by atoms with Crippen molar-refractivity contribution in [2.45, 2.75) is 101 Å². The second-order valence-corrected chi connectivity index (χ2v) is 23.9. The van der Waals surface area contributed by atoms with E-state index in [1.807, 2.05) is 97.9 Å². The van der Waals surface area contributed by atoms with Crippen LogP contribution in [0, 0.1) is 6.07 Å². The Morgan fingerprint density at radius 2 is 1.49 bits per heavy atom. The maximum Gasteiger partial charge on any atom is 1.00 e. The Morgan fingerprint density at radius 1 is 0.870 bits per heavy atom. The second kappa shape index (κ2) is 28.1. The van der Waals surface area contributed by atoms with Gasteiger partial charge in [-0.1, -0.05) is 67.9 Å². The van der Waals surface area contributed by atoms with Gasteiger partial charge < -0.3 is 23.4 Å². The fourth-order valence-electron chi connectivity index (χ4n) is 9.03. The number of aromatic nitrogens is 1. The van der Waals surface area contributed by atoms with Gasteiger partial charge in [-0.15, -0.1) is 52.7 Å². The third-order valence-corrected chi connectivity index (χ3v) is 15.2. The zero-order valence-corrected chi connectivity index (χ0v) is 53.4. The Morgan fingerprint density at radius 3 is 2.10 bits per heavy atom. The van der Waals surface area contributed by atoms with Crippen molar-refractivity contribution in [1.82, 2.24) is 5.06 Å². The summed E-state index contributed by atoms with van der Waals surface area (Å²) in [5, 5.41) is 1.99. The monoisotopic (exact) mass is 1180 g/mol. The van der Waals surface area contributed by atoms with E-state index in [0.717, 1.165) is 22.9 Å². The molecular formula is C49H50ClN4Na3O16S4. The number of halogens is 1. The molecule has 3 aromatic carbocycles. The number of benzene rings is 3. The van der Waals surface area contributed by atoms with Gasteiger partial charge in [-0.3, -0.25) is 9.59 Å². The molecule has 0 radical (unpaired) electrons. The van der Waals surface area contributed by atoms with Crippen LogP contribution in [0.25, 0.3) is 16.3 Å². The number of fused-ring (bicyclic) bond motifs is 4. The number of hydroxylamine groups is 2. The first-order valence-electron chi connectivity index (χ1n) is 22.9. The average molecular weight is 1180 g/mol. The summed E-state index contributed by atoms with van der Waals surface area (Å²) in [6.45, 7) is 8.47. The topological polar surface area (TPSA) is 306 Å². The minimum absolute atomic E-state index is 0. The number of aliphatic imine (C=N–C) groups is 1. The van der Waals surface area contributed by atoms with E-state index in [-0.39, 0.29) is 134 Å². The van der Waals surface area contributed by atoms with Crippen LogP contribution in [0.1, 0.15) is 94.9 Å². The SMILES string of the molecule is CC1(C)C(C=CC(=CC=C2N(CCCCS(=O)(=O)[O-])c3ccc4[c-]cc(S(=O)(=O)[O-])cc4c3C2(C)C)c2cccc(CCC(=O)ON3C(=O)CCC3=O)c2)=Nc2c1cc(Cl)c[n+]2CCCCS(=O)(=O)[O-].O=S(=O)=O.[Na+].[Na+].[Na+]. The van der Waals surface area contributed by atoms with Crippen LogP contribution in [0.4, 0.5) is 11.5 Å². The molecule has 2 amide bonds. The van der Waals surface area contributed by atoms with Gasteiger partial charge in [0.2, 0.25) is 0 Å². The van der Waals surface area contributed by atoms with Gasteiger partial charge in [0, 0.05) is 47.7 Å². The first kappa shape index (κ1) is 68.3. The van der Waals surface area contributed by atoms with E-state index in [0.29, 0.717) is 74.2 Å². The van der Waals surface area contributed by atoms with Crippen molar-refractivity contribution in [3.63, 3.8) is 0 Å². The molecule has 1 aromatic heterocycles. The molecule has 0 bridgehead atoms. The minimum atomic E-state index is -4.85. The summed E-state index contributed by atoms with van der Waals surface area (Å²) in [6, 6.07) is 18.2. The molecule has 0 saturated carbocycles. The van der Waals surface area contributed by atoms with Crippen LogP contribution in [-0.2, 0) is 84.0 Å². The number of hydrogen-bond acceptors (Lipinski definition) is 18. The molecule has 28 heteroatoms. The molecule has 7 rings (SSSR count). The predicted molar refractivity (Wildman–Crippen MR) is 267 cm³/mol. The number of aryl methyl sites for hydroxylation is 2. The van der Waals surface area contributed by atoms with Crippen molar-refractivity contribution < 1.29 is 164 Å². The summed E-state index contributed by atoms with van der Waals surface area (Å²) < 4.78 is 132. The van der Waals surface area contributed by atoms with Crippen LogP contribution in [0.2, 0.25) is 5.02 Å². The molecule has 1 saturated heterocycles. The van der Waals surface area contributed by atoms with Crippen LogP contribution in [-0.4, -0.2) is 98.1 Å². The van der Waals surface area contributed by atoms with E-state index < -0.39 is 86.0 Å². The molecule has 0 aliphatic carbocycles. The van der Waals surface area contributed by atoms with E-state index in [1.54, 1.807) is 12.3 Å². The standard InChI is InChI=1S/C49H53ClN4O13S3.3Na.O3S/c1-48(2)39-29-36(50)31-52(24-5-7-26-68(58,59)60)47(39)51-41(48)19-15-33(35-11-9-10-32(28-35)12-23-45(57)67-54-43(55)21-22-44(54)56)16-20-42-49(3,4)46-38-30-37(70(64,65)66)17-13-34(38)14-18-40(46)53(42)25-6-8-27-69(61,62)63;;;;1-4(2)3/h9-11,14-20,28-31H,5-8,12,21-27H2,1-4H3,(H,58,59,60)(H,61,62,63)(H,64,65,66);;;;/q;3*+1;/p-3. The summed E-state index contributed by atoms with van der Waals surface area (Å²) in [7, 11) is -16.8. The average Bonchev–Trinajstić information content (AvgIpc) is 3.83. The Bertz CT molecular complexity index is 3520. The number of anilines is 1. The number of imide groups is 1. The quantitative estimate of drug-likeness (QED) is 0.0166. The maximum absolute atomic E-state index is 12.8. The molecule has 0 atom stereocenters. The maximum atomic E-state index is 12.8. The summed E-state index contributed by atoms with van der Waals surface area (Å²) in [6.07, 6.45) is 10.1. The largest absolute Gasteiger partial charge is 1.00 e. The first-order chi connectivity index (χ1) is 34.5. The summed E-state index contributed by atoms with van der Waals surface area (Å²) in [4.78, 5) is 48.6. The molecule has 396 valence electrons. The number of carbonyl (C=O) groups excluding carboxylic acids is 3. The van der Waals surface area contributed by atoms with E-state index in [4.69, 9.17) is 34.1 Å². The van der Waals surface area contributed by atoms with Crippen LogP contribution in [0.3, 0.4) is 0 Å². The zero-order valence-electron chi connectivity index (χ0n) is 43.4. The number of hydrogen-bond donors (Lipinski definition) is 0. The van der Waals surface area contributed by atoms with E-state index in [2.05, 4.69) is 6.07 Å². The number of allylic oxidation sites excluding steroid dienone is 6. The zero-order chi connectivity index (χ0) is 54.6. The molecular weight excluding hydrogens is 1130 g/mol. The molecule has 0 spiro atoms. The number of unbranched alkanes of at least 4 members (excludes halogenated alkanes) is 2. The Hall–Kier alpha value is -2.99.